The Morgan fingerprint density at radius 2 is 2.22 bits per heavy atom. The van der Waals surface area contributed by atoms with E-state index < -0.39 is 0 Å². The van der Waals surface area contributed by atoms with Crippen molar-refractivity contribution in [2.24, 2.45) is 0 Å². The molecule has 2 N–H and O–H groups in total. The van der Waals surface area contributed by atoms with E-state index in [0.29, 0.717) is 0 Å². The third kappa shape index (κ3) is 3.39. The minimum absolute atomic E-state index is 0.724. The predicted octanol–water partition coefficient (Wildman–Crippen LogP) is 4.08. The number of benzene rings is 1. The molecule has 100 valence electrons. The summed E-state index contributed by atoms with van der Waals surface area (Å²) in [5, 5.41) is 0.781. The van der Waals surface area contributed by atoms with Crippen molar-refractivity contribution in [2.45, 2.75) is 51.6 Å². The second kappa shape index (κ2) is 6.44. The molecule has 1 unspecified atom stereocenters. The van der Waals surface area contributed by atoms with Crippen LogP contribution >= 0.6 is 11.6 Å². The number of piperidine rings is 1. The van der Waals surface area contributed by atoms with Gasteiger partial charge in [0.15, 0.2) is 0 Å². The summed E-state index contributed by atoms with van der Waals surface area (Å²) < 4.78 is 0. The van der Waals surface area contributed by atoms with Gasteiger partial charge in [-0.3, -0.25) is 4.90 Å². The third-order valence-electron chi connectivity index (χ3n) is 3.85. The van der Waals surface area contributed by atoms with Gasteiger partial charge in [0.25, 0.3) is 0 Å². The average molecular weight is 267 g/mol. The molecule has 1 heterocycles. The number of nitrogens with zero attached hydrogens (tertiary/aromatic N) is 1. The maximum absolute atomic E-state index is 6.06. The van der Waals surface area contributed by atoms with E-state index in [2.05, 4.69) is 11.8 Å². The smallest absolute Gasteiger partial charge is 0.0410 e. The highest BCUT2D eigenvalue weighted by Gasteiger charge is 2.22. The summed E-state index contributed by atoms with van der Waals surface area (Å²) in [5.41, 5.74) is 8.07. The molecule has 2 rings (SSSR count). The second-order valence-corrected chi connectivity index (χ2v) is 5.69. The quantitative estimate of drug-likeness (QED) is 0.832. The molecule has 1 fully saturated rings. The molecule has 0 aromatic heterocycles. The SMILES string of the molecule is CCCC1CCCCN1Cc1cc(Cl)ccc1N. The van der Waals surface area contributed by atoms with E-state index in [1.165, 1.54) is 44.2 Å². The van der Waals surface area contributed by atoms with Crippen LogP contribution in [-0.2, 0) is 6.54 Å². The Bertz CT molecular complexity index is 390. The number of nitrogens with two attached hydrogens (primary N) is 1. The van der Waals surface area contributed by atoms with Crippen molar-refractivity contribution >= 4 is 17.3 Å². The summed E-state index contributed by atoms with van der Waals surface area (Å²) in [7, 11) is 0. The van der Waals surface area contributed by atoms with Crippen LogP contribution in [0.4, 0.5) is 5.69 Å². The van der Waals surface area contributed by atoms with Crippen molar-refractivity contribution in [1.29, 1.82) is 0 Å². The van der Waals surface area contributed by atoms with Crippen LogP contribution in [0.2, 0.25) is 5.02 Å². The zero-order valence-corrected chi connectivity index (χ0v) is 11.9. The van der Waals surface area contributed by atoms with Crippen LogP contribution in [0.5, 0.6) is 0 Å². The first-order valence-electron chi connectivity index (χ1n) is 6.98. The molecule has 0 radical (unpaired) electrons. The molecule has 1 aliphatic heterocycles. The summed E-state index contributed by atoms with van der Waals surface area (Å²) in [5.74, 6) is 0. The van der Waals surface area contributed by atoms with Crippen molar-refractivity contribution in [2.75, 3.05) is 12.3 Å². The van der Waals surface area contributed by atoms with Crippen molar-refractivity contribution in [3.63, 3.8) is 0 Å². The van der Waals surface area contributed by atoms with Gasteiger partial charge >= 0.3 is 0 Å². The van der Waals surface area contributed by atoms with E-state index in [0.717, 1.165) is 23.3 Å². The van der Waals surface area contributed by atoms with Gasteiger partial charge in [-0.2, -0.15) is 0 Å². The molecular formula is C15H23ClN2. The number of anilines is 1. The molecule has 1 aromatic rings. The topological polar surface area (TPSA) is 29.3 Å². The molecule has 0 spiro atoms. The van der Waals surface area contributed by atoms with Gasteiger partial charge < -0.3 is 5.73 Å². The number of rotatable bonds is 4. The zero-order chi connectivity index (χ0) is 13.0. The number of likely N-dealkylation sites (tertiary alicyclic amines) is 1. The fourth-order valence-electron chi connectivity index (χ4n) is 2.86. The maximum atomic E-state index is 6.06. The molecule has 3 heteroatoms. The average Bonchev–Trinajstić information content (AvgIpc) is 2.36. The van der Waals surface area contributed by atoms with Crippen molar-refractivity contribution in [3.05, 3.63) is 28.8 Å². The molecule has 2 nitrogen and oxygen atoms in total. The first kappa shape index (κ1) is 13.7. The van der Waals surface area contributed by atoms with Crippen LogP contribution in [0.1, 0.15) is 44.6 Å². The fourth-order valence-corrected chi connectivity index (χ4v) is 3.05. The second-order valence-electron chi connectivity index (χ2n) is 5.25. The van der Waals surface area contributed by atoms with Gasteiger partial charge in [0, 0.05) is 23.3 Å². The highest BCUT2D eigenvalue weighted by molar-refractivity contribution is 6.30. The summed E-state index contributed by atoms with van der Waals surface area (Å²) in [4.78, 5) is 2.58. The van der Waals surface area contributed by atoms with Crippen LogP contribution in [-0.4, -0.2) is 17.5 Å². The van der Waals surface area contributed by atoms with Crippen molar-refractivity contribution < 1.29 is 0 Å². The summed E-state index contributed by atoms with van der Waals surface area (Å²) in [6.45, 7) is 4.40. The number of hydrogen-bond donors (Lipinski definition) is 1. The van der Waals surface area contributed by atoms with E-state index in [4.69, 9.17) is 17.3 Å². The zero-order valence-electron chi connectivity index (χ0n) is 11.2. The molecule has 0 bridgehead atoms. The predicted molar refractivity (Wildman–Crippen MR) is 78.8 cm³/mol. The van der Waals surface area contributed by atoms with Gasteiger partial charge in [0.1, 0.15) is 0 Å². The summed E-state index contributed by atoms with van der Waals surface area (Å²) in [6, 6.07) is 6.51. The molecule has 0 saturated carbocycles. The lowest BCUT2D eigenvalue weighted by atomic mass is 9.97. The number of halogens is 1. The van der Waals surface area contributed by atoms with Crippen LogP contribution in [0.15, 0.2) is 18.2 Å². The lowest BCUT2D eigenvalue weighted by Crippen LogP contribution is -2.38. The van der Waals surface area contributed by atoms with Gasteiger partial charge in [0.2, 0.25) is 0 Å². The highest BCUT2D eigenvalue weighted by atomic mass is 35.5. The molecule has 1 atom stereocenters. The van der Waals surface area contributed by atoms with Gasteiger partial charge in [-0.15, -0.1) is 0 Å². The van der Waals surface area contributed by atoms with E-state index in [1.54, 1.807) is 0 Å². The van der Waals surface area contributed by atoms with Crippen molar-refractivity contribution in [3.8, 4) is 0 Å². The van der Waals surface area contributed by atoms with Gasteiger partial charge in [-0.05, 0) is 49.6 Å². The van der Waals surface area contributed by atoms with E-state index in [-0.39, 0.29) is 0 Å². The highest BCUT2D eigenvalue weighted by Crippen LogP contribution is 2.26. The molecule has 1 aromatic carbocycles. The Labute approximate surface area is 115 Å². The molecule has 1 aliphatic rings. The third-order valence-corrected chi connectivity index (χ3v) is 4.08. The summed E-state index contributed by atoms with van der Waals surface area (Å²) in [6.07, 6.45) is 6.55. The standard InChI is InChI=1S/C15H23ClN2/c1-2-5-14-6-3-4-9-18(14)11-12-10-13(16)7-8-15(12)17/h7-8,10,14H,2-6,9,11,17H2,1H3. The largest absolute Gasteiger partial charge is 0.398 e. The lowest BCUT2D eigenvalue weighted by Gasteiger charge is -2.36. The van der Waals surface area contributed by atoms with E-state index in [9.17, 15) is 0 Å². The van der Waals surface area contributed by atoms with E-state index >= 15 is 0 Å². The van der Waals surface area contributed by atoms with Crippen LogP contribution < -0.4 is 5.73 Å². The van der Waals surface area contributed by atoms with Gasteiger partial charge in [-0.25, -0.2) is 0 Å². The van der Waals surface area contributed by atoms with Gasteiger partial charge in [-0.1, -0.05) is 31.4 Å². The maximum Gasteiger partial charge on any atom is 0.0410 e. The Hall–Kier alpha value is -0.730. The Morgan fingerprint density at radius 1 is 1.39 bits per heavy atom. The molecular weight excluding hydrogens is 244 g/mol. The molecule has 1 saturated heterocycles. The van der Waals surface area contributed by atoms with E-state index in [1.807, 2.05) is 18.2 Å². The van der Waals surface area contributed by atoms with Crippen molar-refractivity contribution in [1.82, 2.24) is 4.90 Å². The Kier molecular flexibility index (Phi) is 4.90. The summed E-state index contributed by atoms with van der Waals surface area (Å²) >= 11 is 6.06. The number of nitrogen functional groups attached to an aromatic ring is 1. The minimum atomic E-state index is 0.724. The first-order chi connectivity index (χ1) is 8.70. The molecule has 0 aliphatic carbocycles. The van der Waals surface area contributed by atoms with Crippen LogP contribution in [0.25, 0.3) is 0 Å². The lowest BCUT2D eigenvalue weighted by molar-refractivity contribution is 0.132. The monoisotopic (exact) mass is 266 g/mol. The molecule has 0 amide bonds. The Balaban J connectivity index is 2.08. The molecule has 18 heavy (non-hydrogen) atoms. The fraction of sp³-hybridized carbons (Fsp3) is 0.600. The normalized spacial score (nSPS) is 21.1. The number of hydrogen-bond acceptors (Lipinski definition) is 2. The van der Waals surface area contributed by atoms with Crippen LogP contribution in [0.3, 0.4) is 0 Å². The first-order valence-corrected chi connectivity index (χ1v) is 7.36. The minimum Gasteiger partial charge on any atom is -0.398 e. The van der Waals surface area contributed by atoms with Crippen LogP contribution in [0, 0.1) is 0 Å². The Morgan fingerprint density at radius 3 is 3.00 bits per heavy atom. The van der Waals surface area contributed by atoms with Gasteiger partial charge in [0.05, 0.1) is 0 Å².